The fraction of sp³-hybridized carbons (Fsp3) is 0.333. The maximum absolute atomic E-state index is 13.1. The molecule has 3 aliphatic rings. The Hall–Kier alpha value is -3.38. The van der Waals surface area contributed by atoms with Gasteiger partial charge in [-0.05, 0) is 73.2 Å². The van der Waals surface area contributed by atoms with Crippen LogP contribution in [0.15, 0.2) is 73.4 Å². The summed E-state index contributed by atoms with van der Waals surface area (Å²) in [6.07, 6.45) is 6.14. The molecule has 1 aromatic heterocycles. The van der Waals surface area contributed by atoms with Crippen molar-refractivity contribution in [2.24, 2.45) is 11.8 Å². The summed E-state index contributed by atoms with van der Waals surface area (Å²) in [5, 5.41) is 7.31. The van der Waals surface area contributed by atoms with Crippen LogP contribution in [0.5, 0.6) is 5.75 Å². The number of pyridine rings is 1. The average molecular weight is 443 g/mol. The highest BCUT2D eigenvalue weighted by atomic mass is 16.5. The molecule has 3 fully saturated rings. The molecule has 6 nitrogen and oxygen atoms in total. The Kier molecular flexibility index (Phi) is 6.01. The number of urea groups is 1. The third kappa shape index (κ3) is 4.31. The summed E-state index contributed by atoms with van der Waals surface area (Å²) in [5.41, 5.74) is 2.73. The molecule has 6 heteroatoms. The van der Waals surface area contributed by atoms with E-state index in [0.29, 0.717) is 11.8 Å². The maximum Gasteiger partial charge on any atom is 0.319 e. The van der Waals surface area contributed by atoms with Crippen LogP contribution in [0.1, 0.15) is 24.4 Å². The lowest BCUT2D eigenvalue weighted by molar-refractivity contribution is 0.00340. The van der Waals surface area contributed by atoms with Crippen molar-refractivity contribution in [1.29, 1.82) is 0 Å². The first kappa shape index (κ1) is 21.5. The number of hydrogen-bond donors (Lipinski definition) is 2. The standard InChI is InChI=1S/C27H30N4O2/c1-3-18-17-31-14-12-19(18)15-25(31)26(30-27(32)29-20-7-5-4-6-8-20)22-11-13-28-24-10-9-21(33-2)16-23(22)24/h3-11,13,16,18-19,25-26H,1,12,14-15,17H2,2H3,(H2,29,30,32)/t18-,19-,25-,26-/m0/s1. The molecule has 1 unspecified atom stereocenters. The van der Waals surface area contributed by atoms with Crippen LogP contribution in [0.2, 0.25) is 0 Å². The van der Waals surface area contributed by atoms with Crippen molar-refractivity contribution < 1.29 is 9.53 Å². The van der Waals surface area contributed by atoms with E-state index in [-0.39, 0.29) is 18.1 Å². The summed E-state index contributed by atoms with van der Waals surface area (Å²) in [5.74, 6) is 1.89. The van der Waals surface area contributed by atoms with Crippen LogP contribution in [0.3, 0.4) is 0 Å². The number of nitrogens with zero attached hydrogens (tertiary/aromatic N) is 2. The molecule has 4 heterocycles. The van der Waals surface area contributed by atoms with Gasteiger partial charge in [-0.2, -0.15) is 0 Å². The minimum absolute atomic E-state index is 0.181. The molecule has 2 N–H and O–H groups in total. The highest BCUT2D eigenvalue weighted by molar-refractivity contribution is 5.90. The number of anilines is 1. The van der Waals surface area contributed by atoms with Gasteiger partial charge in [-0.25, -0.2) is 4.79 Å². The first-order valence-corrected chi connectivity index (χ1v) is 11.6. The first-order valence-electron chi connectivity index (χ1n) is 11.6. The minimum Gasteiger partial charge on any atom is -0.497 e. The highest BCUT2D eigenvalue weighted by Crippen LogP contribution is 2.42. The zero-order valence-corrected chi connectivity index (χ0v) is 18.9. The highest BCUT2D eigenvalue weighted by Gasteiger charge is 2.43. The van der Waals surface area contributed by atoms with E-state index in [1.54, 1.807) is 7.11 Å². The van der Waals surface area contributed by atoms with E-state index < -0.39 is 0 Å². The fourth-order valence-electron chi connectivity index (χ4n) is 5.48. The molecular weight excluding hydrogens is 412 g/mol. The summed E-state index contributed by atoms with van der Waals surface area (Å²) in [6.45, 7) is 6.09. The van der Waals surface area contributed by atoms with E-state index >= 15 is 0 Å². The van der Waals surface area contributed by atoms with Gasteiger partial charge in [0.25, 0.3) is 0 Å². The molecular formula is C27H30N4O2. The molecule has 2 amide bonds. The molecule has 3 aliphatic heterocycles. The second-order valence-corrected chi connectivity index (χ2v) is 8.97. The van der Waals surface area contributed by atoms with Gasteiger partial charge in [0.1, 0.15) is 5.75 Å². The number of benzene rings is 2. The van der Waals surface area contributed by atoms with E-state index in [4.69, 9.17) is 4.74 Å². The zero-order valence-electron chi connectivity index (χ0n) is 18.9. The van der Waals surface area contributed by atoms with Crippen molar-refractivity contribution >= 4 is 22.6 Å². The Morgan fingerprint density at radius 3 is 2.82 bits per heavy atom. The average Bonchev–Trinajstić information content (AvgIpc) is 2.87. The minimum atomic E-state index is -0.207. The van der Waals surface area contributed by atoms with E-state index in [1.165, 1.54) is 6.42 Å². The zero-order chi connectivity index (χ0) is 22.8. The lowest BCUT2D eigenvalue weighted by Gasteiger charge is -2.51. The molecule has 2 bridgehead atoms. The number of nitrogens with one attached hydrogen (secondary N) is 2. The fourth-order valence-corrected chi connectivity index (χ4v) is 5.48. The molecule has 170 valence electrons. The molecule has 3 saturated heterocycles. The Labute approximate surface area is 194 Å². The summed E-state index contributed by atoms with van der Waals surface area (Å²) >= 11 is 0. The molecule has 0 radical (unpaired) electrons. The summed E-state index contributed by atoms with van der Waals surface area (Å²) < 4.78 is 5.49. The number of amides is 2. The number of ether oxygens (including phenoxy) is 1. The second-order valence-electron chi connectivity index (χ2n) is 8.97. The molecule has 0 spiro atoms. The van der Waals surface area contributed by atoms with Gasteiger partial charge in [0, 0.05) is 29.9 Å². The molecule has 2 aromatic carbocycles. The quantitative estimate of drug-likeness (QED) is 0.527. The van der Waals surface area contributed by atoms with Crippen molar-refractivity contribution in [2.75, 3.05) is 25.5 Å². The van der Waals surface area contributed by atoms with Crippen molar-refractivity contribution in [2.45, 2.75) is 24.9 Å². The van der Waals surface area contributed by atoms with E-state index in [9.17, 15) is 4.79 Å². The van der Waals surface area contributed by atoms with Gasteiger partial charge in [-0.3, -0.25) is 9.88 Å². The lowest BCUT2D eigenvalue weighted by atomic mass is 9.73. The maximum atomic E-state index is 13.1. The van der Waals surface area contributed by atoms with Gasteiger partial charge in [0.05, 0.1) is 18.7 Å². The predicted molar refractivity (Wildman–Crippen MR) is 131 cm³/mol. The number of piperidine rings is 3. The van der Waals surface area contributed by atoms with Gasteiger partial charge >= 0.3 is 6.03 Å². The summed E-state index contributed by atoms with van der Waals surface area (Å²) in [4.78, 5) is 20.2. The van der Waals surface area contributed by atoms with Gasteiger partial charge in [0.15, 0.2) is 0 Å². The van der Waals surface area contributed by atoms with Gasteiger partial charge in [0.2, 0.25) is 0 Å². The Bertz CT molecular complexity index is 1150. The van der Waals surface area contributed by atoms with Crippen LogP contribution >= 0.6 is 0 Å². The summed E-state index contributed by atoms with van der Waals surface area (Å²) in [6, 6.07) is 17.3. The monoisotopic (exact) mass is 442 g/mol. The molecule has 6 rings (SSSR count). The third-order valence-electron chi connectivity index (χ3n) is 7.17. The van der Waals surface area contributed by atoms with Crippen LogP contribution < -0.4 is 15.4 Å². The van der Waals surface area contributed by atoms with Crippen LogP contribution in [-0.2, 0) is 0 Å². The van der Waals surface area contributed by atoms with Crippen molar-refractivity contribution in [3.63, 3.8) is 0 Å². The molecule has 0 aliphatic carbocycles. The molecule has 5 atom stereocenters. The smallest absolute Gasteiger partial charge is 0.319 e. The number of rotatable bonds is 6. The van der Waals surface area contributed by atoms with Gasteiger partial charge in [-0.15, -0.1) is 6.58 Å². The second kappa shape index (κ2) is 9.24. The predicted octanol–water partition coefficient (Wildman–Crippen LogP) is 5.00. The number of aromatic nitrogens is 1. The van der Waals surface area contributed by atoms with Crippen molar-refractivity contribution in [3.05, 3.63) is 79.0 Å². The van der Waals surface area contributed by atoms with Gasteiger partial charge < -0.3 is 15.4 Å². The largest absolute Gasteiger partial charge is 0.497 e. The lowest BCUT2D eigenvalue weighted by Crippen LogP contribution is -2.57. The van der Waals surface area contributed by atoms with E-state index in [2.05, 4.69) is 33.2 Å². The summed E-state index contributed by atoms with van der Waals surface area (Å²) in [7, 11) is 1.67. The van der Waals surface area contributed by atoms with Crippen LogP contribution in [0, 0.1) is 11.8 Å². The van der Waals surface area contributed by atoms with Crippen molar-refractivity contribution in [1.82, 2.24) is 15.2 Å². The first-order chi connectivity index (χ1) is 16.2. The number of methoxy groups -OCH3 is 1. The number of carbonyl (C=O) groups is 1. The number of hydrogen-bond acceptors (Lipinski definition) is 4. The van der Waals surface area contributed by atoms with E-state index in [0.717, 1.165) is 47.4 Å². The van der Waals surface area contributed by atoms with Gasteiger partial charge in [-0.1, -0.05) is 24.3 Å². The Morgan fingerprint density at radius 2 is 2.09 bits per heavy atom. The molecule has 3 aromatic rings. The number of para-hydroxylation sites is 1. The SMILES string of the molecule is C=C[C@H]1CN2CC[C@H]1C[C@H]2[C@@H](NC(=O)Nc1ccccc1)c1ccnc2ccc(OC)cc12. The normalized spacial score (nSPS) is 24.8. The number of carbonyl (C=O) groups excluding carboxylic acids is 1. The molecule has 33 heavy (non-hydrogen) atoms. The number of fused-ring (bicyclic) bond motifs is 4. The Morgan fingerprint density at radius 1 is 1.24 bits per heavy atom. The van der Waals surface area contributed by atoms with Crippen molar-refractivity contribution in [3.8, 4) is 5.75 Å². The Balaban J connectivity index is 1.51. The van der Waals surface area contributed by atoms with Crippen LogP contribution in [0.4, 0.5) is 10.5 Å². The van der Waals surface area contributed by atoms with Crippen LogP contribution in [0.25, 0.3) is 10.9 Å². The van der Waals surface area contributed by atoms with Crippen LogP contribution in [-0.4, -0.2) is 42.2 Å². The topological polar surface area (TPSA) is 66.5 Å². The van der Waals surface area contributed by atoms with E-state index in [1.807, 2.05) is 60.8 Å². The third-order valence-corrected chi connectivity index (χ3v) is 7.17. The molecule has 0 saturated carbocycles.